The number of ether oxygens (including phenoxy) is 2. The molecule has 0 unspecified atom stereocenters. The molecule has 4 aliphatic rings. The van der Waals surface area contributed by atoms with Crippen LogP contribution in [0.1, 0.15) is 86.5 Å². The van der Waals surface area contributed by atoms with Gasteiger partial charge in [-0.15, -0.1) is 0 Å². The SMILES string of the molecule is COC1(C(=O)N2CC[C@](c3ccc(C(F)(C(F)(F)F)C(F)(F)F)cc3)(S(=O)(=O)c3ccc(F)cc3)C2)CCC(C(=O)O)CC1.COC1(C(=O)N2CC[C@](c3ccc(C(F)(C(F)(F)F)C(F)(F)F)cc3)(S(=O)(=O)c3ccc(F)cc3)C2)CCC(C(=O)O)CC1. The molecule has 2 atom stereocenters. The number of methoxy groups -OCH3 is 2. The highest BCUT2D eigenvalue weighted by atomic mass is 32.2. The Labute approximate surface area is 491 Å². The predicted octanol–water partition coefficient (Wildman–Crippen LogP) is 11.4. The van der Waals surface area contributed by atoms with Gasteiger partial charge in [0.2, 0.25) is 0 Å². The predicted molar refractivity (Wildman–Crippen MR) is 274 cm³/mol. The topological polar surface area (TPSA) is 202 Å². The Bertz CT molecular complexity index is 3200. The number of alkyl halides is 14. The first-order valence-corrected chi connectivity index (χ1v) is 29.5. The molecule has 2 saturated carbocycles. The number of halogens is 16. The van der Waals surface area contributed by atoms with Gasteiger partial charge >= 0.3 is 48.0 Å². The van der Waals surface area contributed by atoms with Crippen LogP contribution in [0.3, 0.4) is 0 Å². The van der Waals surface area contributed by atoms with E-state index in [1.165, 1.54) is 14.2 Å². The van der Waals surface area contributed by atoms with Crippen molar-refractivity contribution in [2.24, 2.45) is 11.8 Å². The molecule has 14 nitrogen and oxygen atoms in total. The normalized spacial score (nSPS) is 25.2. The minimum Gasteiger partial charge on any atom is -0.481 e. The molecule has 88 heavy (non-hydrogen) atoms. The van der Waals surface area contributed by atoms with Crippen LogP contribution in [-0.4, -0.2) is 137 Å². The first kappa shape index (κ1) is 68.9. The molecule has 8 rings (SSSR count). The third-order valence-electron chi connectivity index (χ3n) is 17.3. The van der Waals surface area contributed by atoms with E-state index >= 15 is 0 Å². The number of rotatable bonds is 14. The fourth-order valence-corrected chi connectivity index (χ4v) is 16.2. The third-order valence-corrected chi connectivity index (χ3v) is 22.3. The summed E-state index contributed by atoms with van der Waals surface area (Å²) in [7, 11) is -6.80. The van der Waals surface area contributed by atoms with Crippen LogP contribution in [0.4, 0.5) is 70.2 Å². The van der Waals surface area contributed by atoms with Gasteiger partial charge in [-0.3, -0.25) is 19.2 Å². The van der Waals surface area contributed by atoms with Gasteiger partial charge in [0, 0.05) is 51.5 Å². The van der Waals surface area contributed by atoms with Gasteiger partial charge in [-0.2, -0.15) is 52.7 Å². The van der Waals surface area contributed by atoms with Crippen LogP contribution < -0.4 is 0 Å². The highest BCUT2D eigenvalue weighted by Crippen LogP contribution is 2.56. The molecule has 2 N–H and O–H groups in total. The van der Waals surface area contributed by atoms with Crippen molar-refractivity contribution in [1.29, 1.82) is 0 Å². The van der Waals surface area contributed by atoms with Gasteiger partial charge in [0.05, 0.1) is 21.6 Å². The summed E-state index contributed by atoms with van der Waals surface area (Å²) in [5.41, 5.74) is -18.8. The first-order chi connectivity index (χ1) is 40.5. The Kier molecular flexibility index (Phi) is 18.8. The molecule has 4 aromatic rings. The van der Waals surface area contributed by atoms with E-state index in [-0.39, 0.29) is 113 Å². The maximum Gasteiger partial charge on any atom is 0.435 e. The van der Waals surface area contributed by atoms with Gasteiger partial charge in [-0.05, 0) is 124 Å². The molecule has 0 spiro atoms. The summed E-state index contributed by atoms with van der Waals surface area (Å²) in [5.74, 6) is -6.48. The lowest BCUT2D eigenvalue weighted by Crippen LogP contribution is -2.53. The number of nitrogens with zero attached hydrogens (tertiary/aromatic N) is 2. The van der Waals surface area contributed by atoms with Gasteiger partial charge in [0.25, 0.3) is 11.8 Å². The van der Waals surface area contributed by atoms with Crippen molar-refractivity contribution in [1.82, 2.24) is 9.80 Å². The second-order valence-electron chi connectivity index (χ2n) is 21.9. The Balaban J connectivity index is 0.000000251. The molecule has 2 aliphatic heterocycles. The van der Waals surface area contributed by atoms with Crippen molar-refractivity contribution < 1.29 is 126 Å². The number of carbonyl (C=O) groups is 4. The molecule has 4 aromatic carbocycles. The molecule has 2 amide bonds. The lowest BCUT2D eigenvalue weighted by atomic mass is 9.78. The van der Waals surface area contributed by atoms with Gasteiger partial charge in [-0.25, -0.2) is 34.4 Å². The monoisotopic (exact) mass is 1310 g/mol. The second kappa shape index (κ2) is 24.0. The minimum absolute atomic E-state index is 0.00429. The molecule has 0 aromatic heterocycles. The van der Waals surface area contributed by atoms with E-state index in [2.05, 4.69) is 0 Å². The number of aliphatic carboxylic acids is 2. The summed E-state index contributed by atoms with van der Waals surface area (Å²) in [4.78, 5) is 51.7. The van der Waals surface area contributed by atoms with E-state index < -0.39 is 158 Å². The average Bonchev–Trinajstić information content (AvgIpc) is 1.67. The third kappa shape index (κ3) is 11.8. The number of benzene rings is 4. The number of amides is 2. The average molecular weight is 1320 g/mol. The molecular formula is C56H54F16N2O12S2. The minimum atomic E-state index is -6.39. The van der Waals surface area contributed by atoms with E-state index in [0.717, 1.165) is 58.3 Å². The standard InChI is InChI=1S/2C28H27F8NO6S/c2*1-43-24(12-10-17(11-13-24)22(38)39)23(40)37-15-14-25(16-37,44(41,42)21-8-6-20(29)7-9-21)18-2-4-19(5-3-18)26(30,27(31,32)33)28(34,35)36/h2*2-9,17H,10-16H2,1H3,(H,38,39)/t2*17?,24?,25-/m00/s1. The van der Waals surface area contributed by atoms with E-state index in [0.29, 0.717) is 24.3 Å². The molecular weight excluding hydrogens is 1260 g/mol. The Morgan fingerprint density at radius 2 is 0.705 bits per heavy atom. The number of carboxylic acids is 2. The summed E-state index contributed by atoms with van der Waals surface area (Å²) in [6, 6.07) is 10.4. The van der Waals surface area contributed by atoms with Crippen LogP contribution in [0.5, 0.6) is 0 Å². The van der Waals surface area contributed by atoms with Crippen LogP contribution in [0.15, 0.2) is 107 Å². The summed E-state index contributed by atoms with van der Waals surface area (Å²) < 4.78 is 280. The first-order valence-electron chi connectivity index (χ1n) is 26.5. The number of carboxylic acid groups (broad SMARTS) is 2. The highest BCUT2D eigenvalue weighted by Gasteiger charge is 2.75. The van der Waals surface area contributed by atoms with Crippen molar-refractivity contribution in [2.45, 2.75) is 131 Å². The van der Waals surface area contributed by atoms with E-state index in [9.17, 15) is 116 Å². The van der Waals surface area contributed by atoms with Crippen molar-refractivity contribution in [2.75, 3.05) is 40.4 Å². The zero-order valence-electron chi connectivity index (χ0n) is 46.0. The van der Waals surface area contributed by atoms with E-state index in [1.54, 1.807) is 0 Å². The molecule has 4 fully saturated rings. The van der Waals surface area contributed by atoms with Crippen molar-refractivity contribution >= 4 is 43.4 Å². The zero-order chi connectivity index (χ0) is 65.9. The van der Waals surface area contributed by atoms with Gasteiger partial charge < -0.3 is 29.5 Å². The molecule has 2 aliphatic carbocycles. The Morgan fingerprint density at radius 1 is 0.443 bits per heavy atom. The second-order valence-corrected chi connectivity index (χ2v) is 26.5. The quantitative estimate of drug-likeness (QED) is 0.0895. The van der Waals surface area contributed by atoms with E-state index in [1.807, 2.05) is 0 Å². The summed E-state index contributed by atoms with van der Waals surface area (Å²) >= 11 is 0. The van der Waals surface area contributed by atoms with Gasteiger partial charge in [0.15, 0.2) is 19.7 Å². The molecule has 2 saturated heterocycles. The number of hydrogen-bond acceptors (Lipinski definition) is 10. The fourth-order valence-electron chi connectivity index (χ4n) is 12.0. The van der Waals surface area contributed by atoms with Gasteiger partial charge in [0.1, 0.15) is 32.3 Å². The van der Waals surface area contributed by atoms with Crippen LogP contribution in [0.25, 0.3) is 0 Å². The summed E-state index contributed by atoms with van der Waals surface area (Å²) in [5, 5.41) is 18.7. The number of sulfone groups is 2. The highest BCUT2D eigenvalue weighted by molar-refractivity contribution is 7.92. The number of carbonyl (C=O) groups excluding carboxylic acids is 2. The van der Waals surface area contributed by atoms with Crippen molar-refractivity contribution in [3.8, 4) is 0 Å². The fraction of sp³-hybridized carbons (Fsp3) is 0.500. The smallest absolute Gasteiger partial charge is 0.435 e. The summed E-state index contributed by atoms with van der Waals surface area (Å²) in [6.07, 6.45) is -26.0. The molecule has 0 bridgehead atoms. The zero-order valence-corrected chi connectivity index (χ0v) is 47.7. The van der Waals surface area contributed by atoms with Crippen LogP contribution in [-0.2, 0) is 69.2 Å². The molecule has 0 radical (unpaired) electrons. The van der Waals surface area contributed by atoms with Crippen LogP contribution >= 0.6 is 0 Å². The van der Waals surface area contributed by atoms with Crippen LogP contribution in [0, 0.1) is 23.5 Å². The molecule has 32 heteroatoms. The molecule has 484 valence electrons. The van der Waals surface area contributed by atoms with E-state index in [4.69, 9.17) is 9.47 Å². The number of hydrogen-bond donors (Lipinski definition) is 2. The molecule has 2 heterocycles. The lowest BCUT2D eigenvalue weighted by Gasteiger charge is -2.39. The largest absolute Gasteiger partial charge is 0.481 e. The lowest BCUT2D eigenvalue weighted by molar-refractivity contribution is -0.349. The maximum atomic E-state index is 14.7. The Hall–Kier alpha value is -6.54. The van der Waals surface area contributed by atoms with Crippen molar-refractivity contribution in [3.63, 3.8) is 0 Å². The Morgan fingerprint density at radius 3 is 0.932 bits per heavy atom. The summed E-state index contributed by atoms with van der Waals surface area (Å²) in [6.45, 7) is -1.74. The number of likely N-dealkylation sites (tertiary alicyclic amines) is 2. The van der Waals surface area contributed by atoms with Crippen molar-refractivity contribution in [3.05, 3.63) is 131 Å². The maximum absolute atomic E-state index is 14.7. The van der Waals surface area contributed by atoms with Crippen LogP contribution in [0.2, 0.25) is 0 Å². The van der Waals surface area contributed by atoms with Gasteiger partial charge in [-0.1, -0.05) is 48.5 Å².